The highest BCUT2D eigenvalue weighted by atomic mass is 19.1. The summed E-state index contributed by atoms with van der Waals surface area (Å²) < 4.78 is 25.7. The zero-order chi connectivity index (χ0) is 13.7. The Balaban J connectivity index is 1.94. The second-order valence-electron chi connectivity index (χ2n) is 4.70. The standard InChI is InChI=1S/C15H11FN2O2/c1-18-12-7-10(16)3-4-11(12)15(17-18)9-2-5-13-14(6-9)20-8-19-13/h2-7H,8H2,1H3. The molecule has 1 aliphatic rings. The van der Waals surface area contributed by atoms with Crippen molar-refractivity contribution in [3.63, 3.8) is 0 Å². The molecule has 2 aromatic carbocycles. The van der Waals surface area contributed by atoms with E-state index in [1.165, 1.54) is 12.1 Å². The van der Waals surface area contributed by atoms with Gasteiger partial charge in [0.1, 0.15) is 11.5 Å². The number of benzene rings is 2. The van der Waals surface area contributed by atoms with Gasteiger partial charge in [0.25, 0.3) is 0 Å². The van der Waals surface area contributed by atoms with Crippen LogP contribution in [0.5, 0.6) is 11.5 Å². The molecule has 4 nitrogen and oxygen atoms in total. The van der Waals surface area contributed by atoms with E-state index in [1.807, 2.05) is 18.2 Å². The average molecular weight is 270 g/mol. The van der Waals surface area contributed by atoms with Gasteiger partial charge >= 0.3 is 0 Å². The molecule has 0 saturated carbocycles. The van der Waals surface area contributed by atoms with Crippen LogP contribution in [-0.2, 0) is 7.05 Å². The first kappa shape index (κ1) is 11.3. The summed E-state index contributed by atoms with van der Waals surface area (Å²) >= 11 is 0. The lowest BCUT2D eigenvalue weighted by Gasteiger charge is -2.00. The van der Waals surface area contributed by atoms with Gasteiger partial charge in [-0.15, -0.1) is 0 Å². The van der Waals surface area contributed by atoms with Gasteiger partial charge in [-0.25, -0.2) is 4.39 Å². The third-order valence-corrected chi connectivity index (χ3v) is 3.46. The smallest absolute Gasteiger partial charge is 0.231 e. The normalized spacial score (nSPS) is 13.1. The summed E-state index contributed by atoms with van der Waals surface area (Å²) in [6.07, 6.45) is 0. The van der Waals surface area contributed by atoms with E-state index in [0.717, 1.165) is 27.9 Å². The Kier molecular flexibility index (Phi) is 2.24. The maximum absolute atomic E-state index is 13.3. The van der Waals surface area contributed by atoms with Gasteiger partial charge < -0.3 is 9.47 Å². The molecule has 100 valence electrons. The van der Waals surface area contributed by atoms with Crippen LogP contribution >= 0.6 is 0 Å². The number of fused-ring (bicyclic) bond motifs is 2. The van der Waals surface area contributed by atoms with Crippen molar-refractivity contribution in [2.75, 3.05) is 6.79 Å². The molecular formula is C15H11FN2O2. The van der Waals surface area contributed by atoms with E-state index in [-0.39, 0.29) is 12.6 Å². The summed E-state index contributed by atoms with van der Waals surface area (Å²) in [6, 6.07) is 10.4. The van der Waals surface area contributed by atoms with Crippen molar-refractivity contribution >= 4 is 10.9 Å². The predicted molar refractivity (Wildman–Crippen MR) is 72.2 cm³/mol. The Bertz CT molecular complexity index is 826. The van der Waals surface area contributed by atoms with Crippen molar-refractivity contribution < 1.29 is 13.9 Å². The van der Waals surface area contributed by atoms with Crippen LogP contribution in [0.4, 0.5) is 4.39 Å². The van der Waals surface area contributed by atoms with Crippen LogP contribution in [0.15, 0.2) is 36.4 Å². The molecule has 1 aromatic heterocycles. The monoisotopic (exact) mass is 270 g/mol. The van der Waals surface area contributed by atoms with E-state index in [1.54, 1.807) is 17.8 Å². The van der Waals surface area contributed by atoms with Crippen LogP contribution < -0.4 is 9.47 Å². The lowest BCUT2D eigenvalue weighted by molar-refractivity contribution is 0.174. The second kappa shape index (κ2) is 3.96. The Hall–Kier alpha value is -2.56. The van der Waals surface area contributed by atoms with Crippen molar-refractivity contribution in [1.29, 1.82) is 0 Å². The molecule has 0 unspecified atom stereocenters. The quantitative estimate of drug-likeness (QED) is 0.681. The molecule has 4 rings (SSSR count). The Morgan fingerprint density at radius 1 is 1.10 bits per heavy atom. The zero-order valence-electron chi connectivity index (χ0n) is 10.8. The van der Waals surface area contributed by atoms with E-state index >= 15 is 0 Å². The number of nitrogens with zero attached hydrogens (tertiary/aromatic N) is 2. The van der Waals surface area contributed by atoms with Crippen LogP contribution in [0.3, 0.4) is 0 Å². The van der Waals surface area contributed by atoms with E-state index in [4.69, 9.17) is 9.47 Å². The van der Waals surface area contributed by atoms with Crippen molar-refractivity contribution in [2.45, 2.75) is 0 Å². The van der Waals surface area contributed by atoms with Crippen LogP contribution in [0, 0.1) is 5.82 Å². The average Bonchev–Trinajstić information content (AvgIpc) is 3.03. The van der Waals surface area contributed by atoms with Gasteiger partial charge in [0.2, 0.25) is 6.79 Å². The Morgan fingerprint density at radius 3 is 2.85 bits per heavy atom. The molecule has 3 aromatic rings. The lowest BCUT2D eigenvalue weighted by Crippen LogP contribution is -1.92. The molecule has 20 heavy (non-hydrogen) atoms. The van der Waals surface area contributed by atoms with Gasteiger partial charge in [0.15, 0.2) is 11.5 Å². The van der Waals surface area contributed by atoms with Gasteiger partial charge in [-0.1, -0.05) is 0 Å². The number of rotatable bonds is 1. The van der Waals surface area contributed by atoms with E-state index in [2.05, 4.69) is 5.10 Å². The number of ether oxygens (including phenoxy) is 2. The summed E-state index contributed by atoms with van der Waals surface area (Å²) in [5.41, 5.74) is 2.49. The highest BCUT2D eigenvalue weighted by molar-refractivity contribution is 5.93. The first-order chi connectivity index (χ1) is 9.72. The van der Waals surface area contributed by atoms with Crippen LogP contribution in [-0.4, -0.2) is 16.6 Å². The topological polar surface area (TPSA) is 36.3 Å². The van der Waals surface area contributed by atoms with E-state index in [0.29, 0.717) is 5.75 Å². The number of hydrogen-bond acceptors (Lipinski definition) is 3. The molecule has 1 aliphatic heterocycles. The molecule has 0 aliphatic carbocycles. The first-order valence-electron chi connectivity index (χ1n) is 6.25. The van der Waals surface area contributed by atoms with Gasteiger partial charge in [-0.2, -0.15) is 5.10 Å². The fourth-order valence-electron chi connectivity index (χ4n) is 2.49. The van der Waals surface area contributed by atoms with Gasteiger partial charge in [0.05, 0.1) is 5.52 Å². The van der Waals surface area contributed by atoms with E-state index in [9.17, 15) is 4.39 Å². The second-order valence-corrected chi connectivity index (χ2v) is 4.70. The fourth-order valence-corrected chi connectivity index (χ4v) is 2.49. The maximum atomic E-state index is 13.3. The van der Waals surface area contributed by atoms with Gasteiger partial charge in [-0.3, -0.25) is 4.68 Å². The molecule has 2 heterocycles. The van der Waals surface area contributed by atoms with Crippen molar-refractivity contribution in [2.24, 2.45) is 7.05 Å². The third-order valence-electron chi connectivity index (χ3n) is 3.46. The van der Waals surface area contributed by atoms with Crippen LogP contribution in [0.2, 0.25) is 0 Å². The third kappa shape index (κ3) is 1.56. The molecular weight excluding hydrogens is 259 g/mol. The van der Waals surface area contributed by atoms with Gasteiger partial charge in [-0.05, 0) is 36.4 Å². The molecule has 0 saturated heterocycles. The highest BCUT2D eigenvalue weighted by Gasteiger charge is 2.17. The summed E-state index contributed by atoms with van der Waals surface area (Å²) in [5, 5.41) is 5.39. The SMILES string of the molecule is Cn1nc(-c2ccc3c(c2)OCO3)c2ccc(F)cc21. The minimum Gasteiger partial charge on any atom is -0.454 e. The summed E-state index contributed by atoms with van der Waals surface area (Å²) in [4.78, 5) is 0. The molecule has 0 spiro atoms. The number of halogens is 1. The van der Waals surface area contributed by atoms with Gasteiger partial charge in [0, 0.05) is 18.0 Å². The van der Waals surface area contributed by atoms with Crippen molar-refractivity contribution in [3.8, 4) is 22.8 Å². The van der Waals surface area contributed by atoms with E-state index < -0.39 is 0 Å². The first-order valence-corrected chi connectivity index (χ1v) is 6.25. The molecule has 0 fully saturated rings. The molecule has 0 radical (unpaired) electrons. The summed E-state index contributed by atoms with van der Waals surface area (Å²) in [6.45, 7) is 0.243. The maximum Gasteiger partial charge on any atom is 0.231 e. The largest absolute Gasteiger partial charge is 0.454 e. The summed E-state index contributed by atoms with van der Waals surface area (Å²) in [5.74, 6) is 1.18. The number of aromatic nitrogens is 2. The highest BCUT2D eigenvalue weighted by Crippen LogP contribution is 2.37. The molecule has 0 atom stereocenters. The number of hydrogen-bond donors (Lipinski definition) is 0. The lowest BCUT2D eigenvalue weighted by atomic mass is 10.1. The zero-order valence-corrected chi connectivity index (χ0v) is 10.8. The Morgan fingerprint density at radius 2 is 1.95 bits per heavy atom. The molecule has 0 N–H and O–H groups in total. The van der Waals surface area contributed by atoms with Crippen molar-refractivity contribution in [3.05, 3.63) is 42.2 Å². The molecule has 5 heteroatoms. The summed E-state index contributed by atoms with van der Waals surface area (Å²) in [7, 11) is 1.80. The molecule has 0 amide bonds. The minimum atomic E-state index is -0.266. The van der Waals surface area contributed by atoms with Crippen LogP contribution in [0.25, 0.3) is 22.2 Å². The molecule has 0 bridgehead atoms. The Labute approximate surface area is 114 Å². The minimum absolute atomic E-state index is 0.243. The fraction of sp³-hybridized carbons (Fsp3) is 0.133. The predicted octanol–water partition coefficient (Wildman–Crippen LogP) is 3.11. The van der Waals surface area contributed by atoms with Crippen LogP contribution in [0.1, 0.15) is 0 Å². The van der Waals surface area contributed by atoms with Crippen molar-refractivity contribution in [1.82, 2.24) is 9.78 Å². The number of aryl methyl sites for hydroxylation is 1.